The molecule has 5 nitrogen and oxygen atoms in total. The molecule has 4 rings (SSSR count). The summed E-state index contributed by atoms with van der Waals surface area (Å²) >= 11 is 1.40. The third kappa shape index (κ3) is 4.54. The van der Waals surface area contributed by atoms with Crippen LogP contribution in [0.3, 0.4) is 0 Å². The van der Waals surface area contributed by atoms with Gasteiger partial charge in [0.1, 0.15) is 5.75 Å². The first kappa shape index (κ1) is 23.4. The molecule has 33 heavy (non-hydrogen) atoms. The third-order valence-corrected chi connectivity index (χ3v) is 7.52. The summed E-state index contributed by atoms with van der Waals surface area (Å²) in [4.78, 5) is 22.4. The van der Waals surface area contributed by atoms with E-state index in [1.807, 2.05) is 36.4 Å². The van der Waals surface area contributed by atoms with Gasteiger partial charge >= 0.3 is 0 Å². The lowest BCUT2D eigenvalue weighted by Gasteiger charge is -2.47. The van der Waals surface area contributed by atoms with E-state index in [4.69, 9.17) is 4.74 Å². The molecule has 2 aromatic rings. The Kier molecular flexibility index (Phi) is 6.57. The van der Waals surface area contributed by atoms with E-state index in [1.54, 1.807) is 19.1 Å². The molecule has 0 radical (unpaired) electrons. The summed E-state index contributed by atoms with van der Waals surface area (Å²) in [7, 11) is 3.47. The maximum Gasteiger partial charge on any atom is 0.266 e. The lowest BCUT2D eigenvalue weighted by atomic mass is 9.79. The Morgan fingerprint density at radius 2 is 1.97 bits per heavy atom. The van der Waals surface area contributed by atoms with Gasteiger partial charge in [-0.3, -0.25) is 9.69 Å². The summed E-state index contributed by atoms with van der Waals surface area (Å²) in [5.41, 5.74) is 4.42. The van der Waals surface area contributed by atoms with Crippen LogP contribution >= 0.6 is 11.8 Å². The van der Waals surface area contributed by atoms with Crippen LogP contribution in [-0.4, -0.2) is 42.2 Å². The number of ether oxygens (including phenoxy) is 1. The van der Waals surface area contributed by atoms with Crippen molar-refractivity contribution in [2.24, 2.45) is 4.99 Å². The number of rotatable bonds is 5. The summed E-state index contributed by atoms with van der Waals surface area (Å²) < 4.78 is 5.80. The van der Waals surface area contributed by atoms with E-state index in [0.29, 0.717) is 16.0 Å². The van der Waals surface area contributed by atoms with E-state index in [9.17, 15) is 4.79 Å². The fourth-order valence-electron chi connectivity index (χ4n) is 4.87. The molecule has 0 aliphatic carbocycles. The van der Waals surface area contributed by atoms with Crippen LogP contribution in [0.5, 0.6) is 5.75 Å². The van der Waals surface area contributed by atoms with Crippen molar-refractivity contribution in [3.05, 3.63) is 58.5 Å². The molecule has 0 bridgehead atoms. The average molecular weight is 464 g/mol. The second-order valence-corrected chi connectivity index (χ2v) is 10.4. The van der Waals surface area contributed by atoms with Gasteiger partial charge in [0.25, 0.3) is 5.91 Å². The van der Waals surface area contributed by atoms with Crippen LogP contribution in [-0.2, 0) is 4.79 Å². The average Bonchev–Trinajstić information content (AvgIpc) is 3.04. The Bertz CT molecular complexity index is 1110. The molecule has 174 valence electrons. The molecule has 2 aliphatic rings. The number of likely N-dealkylation sites (N-methyl/N-ethyl adjacent to an activating group) is 1. The number of carbonyl (C=O) groups is 1. The number of fused-ring (bicyclic) bond motifs is 1. The molecular formula is C27H33N3O2S. The Hall–Kier alpha value is -2.73. The van der Waals surface area contributed by atoms with Gasteiger partial charge in [0, 0.05) is 36.4 Å². The summed E-state index contributed by atoms with van der Waals surface area (Å²) in [6.45, 7) is 10.2. The van der Waals surface area contributed by atoms with E-state index in [1.165, 1.54) is 23.0 Å². The second kappa shape index (κ2) is 9.26. The summed E-state index contributed by atoms with van der Waals surface area (Å²) in [5, 5.41) is 0.679. The molecule has 1 amide bonds. The minimum Gasteiger partial charge on any atom is -0.496 e. The molecule has 1 fully saturated rings. The highest BCUT2D eigenvalue weighted by molar-refractivity contribution is 8.18. The third-order valence-electron chi connectivity index (χ3n) is 6.46. The molecule has 2 aromatic carbocycles. The number of nitrogens with zero attached hydrogens (tertiary/aromatic N) is 3. The number of thioether (sulfide) groups is 1. The van der Waals surface area contributed by atoms with Gasteiger partial charge in [0.05, 0.1) is 17.7 Å². The van der Waals surface area contributed by atoms with Crippen molar-refractivity contribution < 1.29 is 9.53 Å². The van der Waals surface area contributed by atoms with Crippen molar-refractivity contribution in [2.45, 2.75) is 52.0 Å². The Balaban J connectivity index is 1.74. The lowest BCUT2D eigenvalue weighted by molar-refractivity contribution is -0.121. The molecular weight excluding hydrogens is 430 g/mol. The number of aliphatic imine (C=N–C) groups is 1. The number of benzene rings is 2. The minimum absolute atomic E-state index is 0.0451. The zero-order chi connectivity index (χ0) is 23.8. The monoisotopic (exact) mass is 463 g/mol. The number of methoxy groups -OCH3 is 1. The highest BCUT2D eigenvalue weighted by Gasteiger charge is 2.37. The van der Waals surface area contributed by atoms with Gasteiger partial charge in [-0.15, -0.1) is 0 Å². The first-order chi connectivity index (χ1) is 15.7. The number of carbonyl (C=O) groups excluding carboxylic acids is 1. The Morgan fingerprint density at radius 1 is 1.24 bits per heavy atom. The fraction of sp³-hybridized carbons (Fsp3) is 0.407. The smallest absolute Gasteiger partial charge is 0.266 e. The van der Waals surface area contributed by atoms with Crippen LogP contribution < -0.4 is 9.64 Å². The van der Waals surface area contributed by atoms with Crippen molar-refractivity contribution in [3.8, 4) is 5.75 Å². The number of hydrogen-bond acceptors (Lipinski definition) is 5. The molecule has 0 N–H and O–H groups in total. The van der Waals surface area contributed by atoms with Crippen LogP contribution in [0.25, 0.3) is 6.08 Å². The molecule has 1 atom stereocenters. The first-order valence-corrected chi connectivity index (χ1v) is 12.4. The van der Waals surface area contributed by atoms with Crippen LogP contribution in [0.15, 0.2) is 52.4 Å². The molecule has 2 aliphatic heterocycles. The van der Waals surface area contributed by atoms with Gasteiger partial charge in [0.15, 0.2) is 5.17 Å². The maximum atomic E-state index is 13.0. The number of anilines is 1. The van der Waals surface area contributed by atoms with Crippen LogP contribution in [0.2, 0.25) is 0 Å². The predicted octanol–water partition coefficient (Wildman–Crippen LogP) is 6.43. The number of amides is 1. The fourth-order valence-corrected chi connectivity index (χ4v) is 5.85. The Labute approximate surface area is 201 Å². The van der Waals surface area contributed by atoms with Crippen LogP contribution in [0.1, 0.15) is 57.6 Å². The molecule has 1 saturated heterocycles. The summed E-state index contributed by atoms with van der Waals surface area (Å²) in [6, 6.07) is 14.1. The normalized spacial score (nSPS) is 22.2. The molecule has 6 heteroatoms. The van der Waals surface area contributed by atoms with Gasteiger partial charge < -0.3 is 9.64 Å². The van der Waals surface area contributed by atoms with Crippen molar-refractivity contribution >= 4 is 40.3 Å². The Morgan fingerprint density at radius 3 is 2.64 bits per heavy atom. The van der Waals surface area contributed by atoms with Gasteiger partial charge in [-0.25, -0.2) is 4.99 Å². The molecule has 0 spiro atoms. The SMILES string of the molecule is CCCN1c2cc(OC)c(/C=C3/SC(=Nc4ccccc4)N(C)C3=O)cc2C(C)CC1(C)C. The largest absolute Gasteiger partial charge is 0.496 e. The van der Waals surface area contributed by atoms with Crippen molar-refractivity contribution in [2.75, 3.05) is 25.6 Å². The topological polar surface area (TPSA) is 45.1 Å². The highest BCUT2D eigenvalue weighted by Crippen LogP contribution is 2.46. The molecule has 2 heterocycles. The quantitative estimate of drug-likeness (QED) is 0.479. The van der Waals surface area contributed by atoms with Crippen LogP contribution in [0.4, 0.5) is 11.4 Å². The molecule has 0 aromatic heterocycles. The zero-order valence-corrected chi connectivity index (χ0v) is 21.2. The van der Waals surface area contributed by atoms with Crippen molar-refractivity contribution in [1.82, 2.24) is 4.90 Å². The van der Waals surface area contributed by atoms with Gasteiger partial charge in [-0.1, -0.05) is 32.0 Å². The second-order valence-electron chi connectivity index (χ2n) is 9.43. The minimum atomic E-state index is -0.0451. The summed E-state index contributed by atoms with van der Waals surface area (Å²) in [6.07, 6.45) is 4.13. The van der Waals surface area contributed by atoms with E-state index in [0.717, 1.165) is 36.4 Å². The number of amidine groups is 1. The van der Waals surface area contributed by atoms with Gasteiger partial charge in [-0.2, -0.15) is 0 Å². The van der Waals surface area contributed by atoms with Gasteiger partial charge in [-0.05, 0) is 74.2 Å². The predicted molar refractivity (Wildman–Crippen MR) is 140 cm³/mol. The van der Waals surface area contributed by atoms with Crippen molar-refractivity contribution in [3.63, 3.8) is 0 Å². The van der Waals surface area contributed by atoms with E-state index in [-0.39, 0.29) is 11.4 Å². The van der Waals surface area contributed by atoms with Crippen molar-refractivity contribution in [1.29, 1.82) is 0 Å². The zero-order valence-electron chi connectivity index (χ0n) is 20.4. The molecule has 0 saturated carbocycles. The van der Waals surface area contributed by atoms with Crippen LogP contribution in [0, 0.1) is 0 Å². The maximum absolute atomic E-state index is 13.0. The number of para-hydroxylation sites is 1. The van der Waals surface area contributed by atoms with E-state index >= 15 is 0 Å². The van der Waals surface area contributed by atoms with E-state index < -0.39 is 0 Å². The lowest BCUT2D eigenvalue weighted by Crippen LogP contribution is -2.48. The molecule has 1 unspecified atom stereocenters. The first-order valence-electron chi connectivity index (χ1n) is 11.6. The number of hydrogen-bond donors (Lipinski definition) is 0. The highest BCUT2D eigenvalue weighted by atomic mass is 32.2. The summed E-state index contributed by atoms with van der Waals surface area (Å²) in [5.74, 6) is 1.17. The van der Waals surface area contributed by atoms with Gasteiger partial charge in [0.2, 0.25) is 0 Å². The van der Waals surface area contributed by atoms with E-state index in [2.05, 4.69) is 49.7 Å². The standard InChI is InChI=1S/C27H33N3O2S/c1-7-13-30-22-16-23(32-6)19(14-21(22)18(2)17-27(30,3)4)15-24-25(31)29(5)26(33-24)28-20-11-9-8-10-12-20/h8-12,14-16,18H,7,13,17H2,1-6H3/b24-15+,28-26?.